The highest BCUT2D eigenvalue weighted by atomic mass is 35.5. The van der Waals surface area contributed by atoms with Crippen LogP contribution >= 0.6 is 23.2 Å². The standard InChI is InChI=1S/C13H19Cl2NOS/c1-3-7-16-10(4-2)9-18(17)11-5-6-12(14)13(15)8-11/h5-6,8,10,16H,3-4,7,9H2,1-2H3. The van der Waals surface area contributed by atoms with Crippen molar-refractivity contribution in [2.45, 2.75) is 37.6 Å². The number of benzene rings is 1. The van der Waals surface area contributed by atoms with Crippen LogP contribution in [0.15, 0.2) is 23.1 Å². The lowest BCUT2D eigenvalue weighted by atomic mass is 10.2. The fraction of sp³-hybridized carbons (Fsp3) is 0.538. The quantitative estimate of drug-likeness (QED) is 0.828. The topological polar surface area (TPSA) is 29.1 Å². The molecule has 0 aliphatic heterocycles. The Kier molecular flexibility index (Phi) is 7.23. The molecule has 102 valence electrons. The zero-order chi connectivity index (χ0) is 13.5. The molecule has 0 saturated carbocycles. The molecule has 1 N–H and O–H groups in total. The number of hydrogen-bond donors (Lipinski definition) is 1. The van der Waals surface area contributed by atoms with Crippen molar-refractivity contribution < 1.29 is 4.21 Å². The summed E-state index contributed by atoms with van der Waals surface area (Å²) in [5, 5.41) is 4.34. The van der Waals surface area contributed by atoms with Crippen LogP contribution in [0.3, 0.4) is 0 Å². The molecule has 0 saturated heterocycles. The average molecular weight is 308 g/mol. The van der Waals surface area contributed by atoms with Crippen LogP contribution in [0.25, 0.3) is 0 Å². The fourth-order valence-electron chi connectivity index (χ4n) is 1.57. The summed E-state index contributed by atoms with van der Waals surface area (Å²) in [5.41, 5.74) is 0. The van der Waals surface area contributed by atoms with E-state index < -0.39 is 10.8 Å². The summed E-state index contributed by atoms with van der Waals surface area (Å²) in [6.45, 7) is 5.17. The zero-order valence-electron chi connectivity index (χ0n) is 10.7. The molecule has 18 heavy (non-hydrogen) atoms. The maximum Gasteiger partial charge on any atom is 0.0604 e. The summed E-state index contributed by atoms with van der Waals surface area (Å²) in [5.74, 6) is 0.606. The van der Waals surface area contributed by atoms with Gasteiger partial charge in [-0.2, -0.15) is 0 Å². The Bertz CT molecular complexity index is 412. The minimum absolute atomic E-state index is 0.278. The maximum absolute atomic E-state index is 12.2. The predicted molar refractivity (Wildman–Crippen MR) is 80.1 cm³/mol. The molecule has 0 amide bonds. The Morgan fingerprint density at radius 3 is 2.56 bits per heavy atom. The van der Waals surface area contributed by atoms with Crippen molar-refractivity contribution in [1.29, 1.82) is 0 Å². The molecule has 2 nitrogen and oxygen atoms in total. The Morgan fingerprint density at radius 1 is 1.28 bits per heavy atom. The molecule has 0 aromatic heterocycles. The van der Waals surface area contributed by atoms with Crippen molar-refractivity contribution in [2.24, 2.45) is 0 Å². The van der Waals surface area contributed by atoms with Gasteiger partial charge in [0.15, 0.2) is 0 Å². The van der Waals surface area contributed by atoms with E-state index >= 15 is 0 Å². The van der Waals surface area contributed by atoms with E-state index in [-0.39, 0.29) is 6.04 Å². The second kappa shape index (κ2) is 8.16. The lowest BCUT2D eigenvalue weighted by Gasteiger charge is -2.16. The van der Waals surface area contributed by atoms with Gasteiger partial charge in [0.1, 0.15) is 0 Å². The summed E-state index contributed by atoms with van der Waals surface area (Å²) in [4.78, 5) is 0.737. The van der Waals surface area contributed by atoms with E-state index in [2.05, 4.69) is 19.2 Å². The second-order valence-electron chi connectivity index (χ2n) is 4.15. The zero-order valence-corrected chi connectivity index (χ0v) is 13.0. The van der Waals surface area contributed by atoms with Crippen LogP contribution in [0.2, 0.25) is 10.0 Å². The van der Waals surface area contributed by atoms with Gasteiger partial charge >= 0.3 is 0 Å². The van der Waals surface area contributed by atoms with Crippen molar-refractivity contribution in [3.63, 3.8) is 0 Å². The van der Waals surface area contributed by atoms with E-state index in [4.69, 9.17) is 23.2 Å². The molecule has 5 heteroatoms. The third-order valence-corrected chi connectivity index (χ3v) is 4.91. The van der Waals surface area contributed by atoms with Crippen molar-refractivity contribution in [3.8, 4) is 0 Å². The monoisotopic (exact) mass is 307 g/mol. The average Bonchev–Trinajstić information content (AvgIpc) is 2.37. The molecular formula is C13H19Cl2NOS. The third-order valence-electron chi connectivity index (χ3n) is 2.68. The third kappa shape index (κ3) is 4.88. The van der Waals surface area contributed by atoms with Crippen molar-refractivity contribution in [3.05, 3.63) is 28.2 Å². The van der Waals surface area contributed by atoms with Gasteiger partial charge in [-0.1, -0.05) is 37.0 Å². The van der Waals surface area contributed by atoms with E-state index in [1.807, 2.05) is 0 Å². The van der Waals surface area contributed by atoms with Crippen LogP contribution in [0.5, 0.6) is 0 Å². The van der Waals surface area contributed by atoms with Crippen LogP contribution in [-0.4, -0.2) is 22.5 Å². The van der Waals surface area contributed by atoms with Crippen LogP contribution in [0.1, 0.15) is 26.7 Å². The maximum atomic E-state index is 12.2. The lowest BCUT2D eigenvalue weighted by molar-refractivity contribution is 0.534. The van der Waals surface area contributed by atoms with Crippen molar-refractivity contribution in [1.82, 2.24) is 5.32 Å². The molecule has 0 heterocycles. The van der Waals surface area contributed by atoms with Gasteiger partial charge in [0, 0.05) is 16.7 Å². The molecule has 2 unspecified atom stereocenters. The summed E-state index contributed by atoms with van der Waals surface area (Å²) >= 11 is 11.8. The van der Waals surface area contributed by atoms with Gasteiger partial charge < -0.3 is 5.32 Å². The highest BCUT2D eigenvalue weighted by Crippen LogP contribution is 2.24. The Hall–Kier alpha value is -0.0900. The second-order valence-corrected chi connectivity index (χ2v) is 6.46. The smallest absolute Gasteiger partial charge is 0.0604 e. The van der Waals surface area contributed by atoms with Gasteiger partial charge in [0.05, 0.1) is 20.8 Å². The summed E-state index contributed by atoms with van der Waals surface area (Å²) in [7, 11) is -1.04. The summed E-state index contributed by atoms with van der Waals surface area (Å²) in [6, 6.07) is 5.43. The highest BCUT2D eigenvalue weighted by Gasteiger charge is 2.12. The Labute approximate surface area is 122 Å². The summed E-state index contributed by atoms with van der Waals surface area (Å²) < 4.78 is 12.2. The van der Waals surface area contributed by atoms with E-state index in [1.54, 1.807) is 18.2 Å². The number of hydrogen-bond acceptors (Lipinski definition) is 2. The number of rotatable bonds is 7. The SMILES string of the molecule is CCCNC(CC)CS(=O)c1ccc(Cl)c(Cl)c1. The van der Waals surface area contributed by atoms with Crippen LogP contribution < -0.4 is 5.32 Å². The molecule has 0 bridgehead atoms. The minimum atomic E-state index is -1.04. The van der Waals surface area contributed by atoms with Crippen molar-refractivity contribution in [2.75, 3.05) is 12.3 Å². The molecule has 2 atom stereocenters. The summed E-state index contributed by atoms with van der Waals surface area (Å²) in [6.07, 6.45) is 2.04. The first kappa shape index (κ1) is 16.0. The van der Waals surface area contributed by atoms with Gasteiger partial charge in [-0.05, 0) is 37.6 Å². The molecule has 1 rings (SSSR count). The van der Waals surface area contributed by atoms with Crippen LogP contribution in [0.4, 0.5) is 0 Å². The molecule has 1 aromatic carbocycles. The largest absolute Gasteiger partial charge is 0.313 e. The first-order chi connectivity index (χ1) is 8.58. The van der Waals surface area contributed by atoms with E-state index in [1.165, 1.54) is 0 Å². The molecular weight excluding hydrogens is 289 g/mol. The highest BCUT2D eigenvalue weighted by molar-refractivity contribution is 7.85. The minimum Gasteiger partial charge on any atom is -0.313 e. The van der Waals surface area contributed by atoms with E-state index in [9.17, 15) is 4.21 Å². The van der Waals surface area contributed by atoms with Gasteiger partial charge in [-0.25, -0.2) is 0 Å². The molecule has 1 aromatic rings. The number of halogens is 2. The lowest BCUT2D eigenvalue weighted by Crippen LogP contribution is -2.34. The van der Waals surface area contributed by atoms with Crippen LogP contribution in [0, 0.1) is 0 Å². The van der Waals surface area contributed by atoms with E-state index in [0.717, 1.165) is 24.3 Å². The van der Waals surface area contributed by atoms with Crippen LogP contribution in [-0.2, 0) is 10.8 Å². The van der Waals surface area contributed by atoms with Gasteiger partial charge in [-0.15, -0.1) is 0 Å². The van der Waals surface area contributed by atoms with Gasteiger partial charge in [0.25, 0.3) is 0 Å². The van der Waals surface area contributed by atoms with Gasteiger partial charge in [0.2, 0.25) is 0 Å². The van der Waals surface area contributed by atoms with Gasteiger partial charge in [-0.3, -0.25) is 4.21 Å². The number of nitrogens with one attached hydrogen (secondary N) is 1. The molecule has 0 radical (unpaired) electrons. The Morgan fingerprint density at radius 2 is 2.00 bits per heavy atom. The Balaban J connectivity index is 2.65. The molecule has 0 aliphatic carbocycles. The first-order valence-electron chi connectivity index (χ1n) is 6.15. The first-order valence-corrected chi connectivity index (χ1v) is 8.22. The molecule has 0 spiro atoms. The van der Waals surface area contributed by atoms with Crippen molar-refractivity contribution >= 4 is 34.0 Å². The predicted octanol–water partition coefficient (Wildman–Crippen LogP) is 3.88. The normalized spacial score (nSPS) is 14.4. The van der Waals surface area contributed by atoms with E-state index in [0.29, 0.717) is 15.8 Å². The molecule has 0 aliphatic rings. The molecule has 0 fully saturated rings. The fourth-order valence-corrected chi connectivity index (χ4v) is 3.31.